The van der Waals surface area contributed by atoms with Crippen molar-refractivity contribution in [3.63, 3.8) is 0 Å². The molecule has 1 aliphatic heterocycles. The molecule has 1 aromatic carbocycles. The molecule has 1 aromatic heterocycles. The Bertz CT molecular complexity index is 673. The molecule has 0 spiro atoms. The van der Waals surface area contributed by atoms with E-state index in [1.165, 1.54) is 6.20 Å². The first-order valence-corrected chi connectivity index (χ1v) is 7.21. The Morgan fingerprint density at radius 1 is 1.24 bits per heavy atom. The zero-order valence-electron chi connectivity index (χ0n) is 11.6. The van der Waals surface area contributed by atoms with E-state index in [4.69, 9.17) is 11.6 Å². The summed E-state index contributed by atoms with van der Waals surface area (Å²) >= 11 is 5.93. The first-order valence-electron chi connectivity index (χ1n) is 6.83. The summed E-state index contributed by atoms with van der Waals surface area (Å²) in [6, 6.07) is 5.14. The van der Waals surface area contributed by atoms with Crippen LogP contribution >= 0.6 is 11.6 Å². The Hall–Kier alpha value is -1.68. The first-order chi connectivity index (χ1) is 10.1. The number of hydrogen-bond acceptors (Lipinski definition) is 2. The van der Waals surface area contributed by atoms with Gasteiger partial charge in [0, 0.05) is 42.8 Å². The summed E-state index contributed by atoms with van der Waals surface area (Å²) in [5, 5.41) is 0.447. The zero-order chi connectivity index (χ0) is 15.0. The van der Waals surface area contributed by atoms with Crippen molar-refractivity contribution in [2.24, 2.45) is 0 Å². The van der Waals surface area contributed by atoms with E-state index < -0.39 is 6.43 Å². The number of benzene rings is 1. The molecule has 0 amide bonds. The summed E-state index contributed by atoms with van der Waals surface area (Å²) in [6.45, 7) is 0.897. The van der Waals surface area contributed by atoms with Crippen molar-refractivity contribution in [2.75, 3.05) is 18.5 Å². The van der Waals surface area contributed by atoms with E-state index in [-0.39, 0.29) is 5.56 Å². The predicted molar refractivity (Wildman–Crippen MR) is 81.2 cm³/mol. The number of aryl methyl sites for hydroxylation is 1. The van der Waals surface area contributed by atoms with Gasteiger partial charge < -0.3 is 4.90 Å². The lowest BCUT2D eigenvalue weighted by atomic mass is 9.93. The predicted octanol–water partition coefficient (Wildman–Crippen LogP) is 4.72. The van der Waals surface area contributed by atoms with Gasteiger partial charge in [0.15, 0.2) is 0 Å². The maximum Gasteiger partial charge on any atom is 0.264 e. The lowest BCUT2D eigenvalue weighted by Crippen LogP contribution is -2.25. The molecule has 2 nitrogen and oxygen atoms in total. The number of anilines is 1. The fourth-order valence-corrected chi connectivity index (χ4v) is 3.00. The summed E-state index contributed by atoms with van der Waals surface area (Å²) in [5.41, 5.74) is 3.19. The Morgan fingerprint density at radius 2 is 2.05 bits per heavy atom. The highest BCUT2D eigenvalue weighted by Crippen LogP contribution is 2.38. The molecule has 2 heterocycles. The second-order valence-corrected chi connectivity index (χ2v) is 5.72. The van der Waals surface area contributed by atoms with E-state index in [0.717, 1.165) is 30.6 Å². The van der Waals surface area contributed by atoms with Crippen molar-refractivity contribution in [1.29, 1.82) is 0 Å². The number of rotatable bonds is 2. The minimum absolute atomic E-state index is 0.0339. The molecule has 0 bridgehead atoms. The number of alkyl halides is 2. The number of hydrogen-bond donors (Lipinski definition) is 0. The molecule has 0 saturated carbocycles. The lowest BCUT2D eigenvalue weighted by molar-refractivity contribution is 0.152. The average Bonchev–Trinajstić information content (AvgIpc) is 2.46. The number of pyridine rings is 1. The molecule has 0 aliphatic carbocycles. The van der Waals surface area contributed by atoms with E-state index in [1.807, 2.05) is 18.0 Å². The van der Waals surface area contributed by atoms with Crippen molar-refractivity contribution in [1.82, 2.24) is 4.98 Å². The summed E-state index contributed by atoms with van der Waals surface area (Å²) < 4.78 is 26.9. The van der Waals surface area contributed by atoms with Crippen molar-refractivity contribution < 1.29 is 8.78 Å². The fraction of sp³-hybridized carbons (Fsp3) is 0.312. The van der Waals surface area contributed by atoms with Crippen LogP contribution in [0.2, 0.25) is 5.02 Å². The second-order valence-electron chi connectivity index (χ2n) is 5.29. The zero-order valence-corrected chi connectivity index (χ0v) is 12.4. The van der Waals surface area contributed by atoms with Gasteiger partial charge in [-0.05, 0) is 42.2 Å². The third-order valence-electron chi connectivity index (χ3n) is 3.85. The fourth-order valence-electron chi connectivity index (χ4n) is 2.82. The van der Waals surface area contributed by atoms with Gasteiger partial charge in [-0.3, -0.25) is 4.98 Å². The van der Waals surface area contributed by atoms with Crippen LogP contribution in [0.4, 0.5) is 14.5 Å². The minimum atomic E-state index is -2.53. The monoisotopic (exact) mass is 308 g/mol. The molecule has 0 N–H and O–H groups in total. The number of halogens is 3. The minimum Gasteiger partial charge on any atom is -0.374 e. The van der Waals surface area contributed by atoms with Crippen molar-refractivity contribution >= 4 is 17.3 Å². The van der Waals surface area contributed by atoms with Gasteiger partial charge in [-0.25, -0.2) is 8.78 Å². The molecular weight excluding hydrogens is 294 g/mol. The molecule has 1 aliphatic rings. The molecule has 0 unspecified atom stereocenters. The molecule has 0 atom stereocenters. The molecule has 0 fully saturated rings. The molecule has 0 saturated heterocycles. The van der Waals surface area contributed by atoms with Gasteiger partial charge >= 0.3 is 0 Å². The van der Waals surface area contributed by atoms with Crippen molar-refractivity contribution in [3.05, 3.63) is 46.7 Å². The van der Waals surface area contributed by atoms with Gasteiger partial charge in [-0.1, -0.05) is 11.6 Å². The SMILES string of the molecule is CN1CCCc2cc(-c3cncc(Cl)c3)c(C(F)F)cc21. The molecule has 110 valence electrons. The summed E-state index contributed by atoms with van der Waals surface area (Å²) in [4.78, 5) is 6.03. The average molecular weight is 309 g/mol. The number of fused-ring (bicyclic) bond motifs is 1. The molecule has 2 aromatic rings. The largest absolute Gasteiger partial charge is 0.374 e. The van der Waals surface area contributed by atoms with Gasteiger partial charge in [0.1, 0.15) is 0 Å². The van der Waals surface area contributed by atoms with Crippen LogP contribution in [0.15, 0.2) is 30.6 Å². The van der Waals surface area contributed by atoms with E-state index >= 15 is 0 Å². The Balaban J connectivity index is 2.19. The Kier molecular flexibility index (Phi) is 3.81. The number of nitrogens with zero attached hydrogens (tertiary/aromatic N) is 2. The first kappa shape index (κ1) is 14.3. The van der Waals surface area contributed by atoms with Gasteiger partial charge in [-0.15, -0.1) is 0 Å². The topological polar surface area (TPSA) is 16.1 Å². The maximum atomic E-state index is 13.4. The van der Waals surface area contributed by atoms with Crippen LogP contribution in [0, 0.1) is 0 Å². The highest BCUT2D eigenvalue weighted by Gasteiger charge is 2.21. The van der Waals surface area contributed by atoms with E-state index in [1.54, 1.807) is 18.3 Å². The molecule has 21 heavy (non-hydrogen) atoms. The van der Waals surface area contributed by atoms with Crippen LogP contribution in [0.1, 0.15) is 24.0 Å². The molecule has 5 heteroatoms. The highest BCUT2D eigenvalue weighted by atomic mass is 35.5. The van der Waals surface area contributed by atoms with Gasteiger partial charge in [0.25, 0.3) is 6.43 Å². The van der Waals surface area contributed by atoms with Crippen LogP contribution in [-0.4, -0.2) is 18.6 Å². The third kappa shape index (κ3) is 2.72. The van der Waals surface area contributed by atoms with Crippen LogP contribution in [0.25, 0.3) is 11.1 Å². The quantitative estimate of drug-likeness (QED) is 0.798. The van der Waals surface area contributed by atoms with Crippen LogP contribution in [0.3, 0.4) is 0 Å². The summed E-state index contributed by atoms with van der Waals surface area (Å²) in [7, 11) is 1.94. The smallest absolute Gasteiger partial charge is 0.264 e. The van der Waals surface area contributed by atoms with E-state index in [0.29, 0.717) is 16.1 Å². The second kappa shape index (κ2) is 5.60. The van der Waals surface area contributed by atoms with Gasteiger partial charge in [0.2, 0.25) is 0 Å². The van der Waals surface area contributed by atoms with Crippen LogP contribution in [-0.2, 0) is 6.42 Å². The lowest BCUT2D eigenvalue weighted by Gasteiger charge is -2.29. The van der Waals surface area contributed by atoms with Crippen molar-refractivity contribution in [2.45, 2.75) is 19.3 Å². The maximum absolute atomic E-state index is 13.4. The molecular formula is C16H15ClF2N2. The van der Waals surface area contributed by atoms with Gasteiger partial charge in [-0.2, -0.15) is 0 Å². The van der Waals surface area contributed by atoms with E-state index in [2.05, 4.69) is 4.98 Å². The third-order valence-corrected chi connectivity index (χ3v) is 4.06. The number of aromatic nitrogens is 1. The molecule has 0 radical (unpaired) electrons. The highest BCUT2D eigenvalue weighted by molar-refractivity contribution is 6.30. The standard InChI is InChI=1S/C16H15ClF2N2/c1-21-4-2-3-10-6-13(11-5-12(17)9-20-8-11)14(16(18)19)7-15(10)21/h5-9,16H,2-4H2,1H3. The summed E-state index contributed by atoms with van der Waals surface area (Å²) in [5.74, 6) is 0. The van der Waals surface area contributed by atoms with Crippen LogP contribution in [0.5, 0.6) is 0 Å². The normalized spacial score (nSPS) is 14.4. The van der Waals surface area contributed by atoms with Gasteiger partial charge in [0.05, 0.1) is 5.02 Å². The van der Waals surface area contributed by atoms with E-state index in [9.17, 15) is 8.78 Å². The van der Waals surface area contributed by atoms with Crippen LogP contribution < -0.4 is 4.90 Å². The summed E-state index contributed by atoms with van der Waals surface area (Å²) in [6.07, 6.45) is 2.49. The Labute approximate surface area is 127 Å². The molecule has 3 rings (SSSR count). The Morgan fingerprint density at radius 3 is 2.76 bits per heavy atom. The van der Waals surface area contributed by atoms with Crippen molar-refractivity contribution in [3.8, 4) is 11.1 Å².